The fourth-order valence-electron chi connectivity index (χ4n) is 2.53. The molecule has 1 atom stereocenters. The van der Waals surface area contributed by atoms with Gasteiger partial charge in [-0.05, 0) is 30.4 Å². The van der Waals surface area contributed by atoms with E-state index in [-0.39, 0.29) is 5.54 Å². The maximum atomic E-state index is 10.4. The van der Waals surface area contributed by atoms with Crippen LogP contribution in [0.5, 0.6) is 0 Å². The summed E-state index contributed by atoms with van der Waals surface area (Å²) in [6.45, 7) is 1.70. The van der Waals surface area contributed by atoms with Crippen LogP contribution in [0.25, 0.3) is 0 Å². The molecule has 0 amide bonds. The lowest BCUT2D eigenvalue weighted by Gasteiger charge is -2.11. The highest BCUT2D eigenvalue weighted by Crippen LogP contribution is 2.49. The molecule has 0 N–H and O–H groups in total. The predicted molar refractivity (Wildman–Crippen MR) is 63.7 cm³/mol. The summed E-state index contributed by atoms with van der Waals surface area (Å²) in [7, 11) is 0. The largest absolute Gasteiger partial charge is 0.381 e. The molecule has 88 valence electrons. The molecular formula is C14H15NO2. The zero-order chi connectivity index (χ0) is 11.7. The fourth-order valence-corrected chi connectivity index (χ4v) is 2.53. The van der Waals surface area contributed by atoms with Crippen LogP contribution in [0.15, 0.2) is 29.3 Å². The van der Waals surface area contributed by atoms with Crippen molar-refractivity contribution >= 4 is 6.08 Å². The molecule has 1 aromatic carbocycles. The van der Waals surface area contributed by atoms with Crippen LogP contribution in [0.4, 0.5) is 0 Å². The molecule has 1 aromatic rings. The normalized spacial score (nSPS) is 25.3. The van der Waals surface area contributed by atoms with Crippen LogP contribution in [0.3, 0.4) is 0 Å². The molecule has 2 fully saturated rings. The first-order valence-corrected chi connectivity index (χ1v) is 6.11. The molecule has 1 saturated heterocycles. The van der Waals surface area contributed by atoms with Crippen molar-refractivity contribution in [3.8, 4) is 0 Å². The molecule has 1 aliphatic heterocycles. The molecule has 1 heterocycles. The Kier molecular flexibility index (Phi) is 2.58. The number of rotatable bonds is 3. The summed E-state index contributed by atoms with van der Waals surface area (Å²) in [5.41, 5.74) is 2.23. The Labute approximate surface area is 101 Å². The van der Waals surface area contributed by atoms with E-state index in [0.29, 0.717) is 5.92 Å². The SMILES string of the molecule is O=C=NC1(c2ccc(C3CCOC3)cc2)CC1. The van der Waals surface area contributed by atoms with Crippen LogP contribution < -0.4 is 0 Å². The third-order valence-corrected chi connectivity index (χ3v) is 3.83. The molecule has 1 unspecified atom stereocenters. The highest BCUT2D eigenvalue weighted by molar-refractivity contribution is 5.42. The molecular weight excluding hydrogens is 214 g/mol. The van der Waals surface area contributed by atoms with Gasteiger partial charge in [-0.3, -0.25) is 0 Å². The van der Waals surface area contributed by atoms with Gasteiger partial charge in [0.05, 0.1) is 12.1 Å². The number of nitrogens with zero attached hydrogens (tertiary/aromatic N) is 1. The molecule has 0 aromatic heterocycles. The van der Waals surface area contributed by atoms with E-state index in [1.54, 1.807) is 6.08 Å². The van der Waals surface area contributed by atoms with Gasteiger partial charge in [-0.15, -0.1) is 0 Å². The number of hydrogen-bond donors (Lipinski definition) is 0. The number of isocyanates is 1. The minimum Gasteiger partial charge on any atom is -0.381 e. The van der Waals surface area contributed by atoms with Gasteiger partial charge < -0.3 is 4.74 Å². The maximum Gasteiger partial charge on any atom is 0.235 e. The van der Waals surface area contributed by atoms with E-state index in [1.807, 2.05) is 0 Å². The molecule has 0 radical (unpaired) electrons. The number of aliphatic imine (C=N–C) groups is 1. The Morgan fingerprint density at radius 1 is 1.29 bits per heavy atom. The van der Waals surface area contributed by atoms with Crippen molar-refractivity contribution in [1.29, 1.82) is 0 Å². The summed E-state index contributed by atoms with van der Waals surface area (Å²) >= 11 is 0. The van der Waals surface area contributed by atoms with Crippen molar-refractivity contribution in [1.82, 2.24) is 0 Å². The Morgan fingerprint density at radius 3 is 2.59 bits per heavy atom. The Balaban J connectivity index is 1.82. The lowest BCUT2D eigenvalue weighted by molar-refractivity contribution is 0.194. The summed E-state index contributed by atoms with van der Waals surface area (Å²) in [5, 5.41) is 0. The van der Waals surface area contributed by atoms with Gasteiger partial charge in [0.2, 0.25) is 6.08 Å². The lowest BCUT2D eigenvalue weighted by Crippen LogP contribution is -2.03. The van der Waals surface area contributed by atoms with E-state index in [4.69, 9.17) is 4.74 Å². The van der Waals surface area contributed by atoms with E-state index >= 15 is 0 Å². The topological polar surface area (TPSA) is 38.7 Å². The van der Waals surface area contributed by atoms with Gasteiger partial charge in [-0.2, -0.15) is 4.99 Å². The first-order chi connectivity index (χ1) is 8.34. The average molecular weight is 229 g/mol. The number of benzene rings is 1. The maximum absolute atomic E-state index is 10.4. The lowest BCUT2D eigenvalue weighted by atomic mass is 9.95. The average Bonchev–Trinajstić information content (AvgIpc) is 2.94. The second-order valence-electron chi connectivity index (χ2n) is 4.92. The smallest absolute Gasteiger partial charge is 0.235 e. The molecule has 3 nitrogen and oxygen atoms in total. The molecule has 2 aliphatic rings. The van der Waals surface area contributed by atoms with Crippen LogP contribution in [-0.2, 0) is 15.1 Å². The van der Waals surface area contributed by atoms with Crippen molar-refractivity contribution in [2.45, 2.75) is 30.7 Å². The van der Waals surface area contributed by atoms with Crippen LogP contribution in [0.1, 0.15) is 36.3 Å². The second-order valence-corrected chi connectivity index (χ2v) is 4.92. The van der Waals surface area contributed by atoms with Gasteiger partial charge >= 0.3 is 0 Å². The summed E-state index contributed by atoms with van der Waals surface area (Å²) in [6, 6.07) is 8.49. The standard InChI is InChI=1S/C14H15NO2/c16-10-15-14(6-7-14)13-3-1-11(2-4-13)12-5-8-17-9-12/h1-4,12H,5-9H2. The Morgan fingerprint density at radius 2 is 2.06 bits per heavy atom. The predicted octanol–water partition coefficient (Wildman–Crippen LogP) is 2.52. The van der Waals surface area contributed by atoms with Gasteiger partial charge in [-0.1, -0.05) is 24.3 Å². The van der Waals surface area contributed by atoms with E-state index < -0.39 is 0 Å². The Bertz CT molecular complexity index is 450. The van der Waals surface area contributed by atoms with Gasteiger partial charge in [-0.25, -0.2) is 4.79 Å². The first kappa shape index (κ1) is 10.7. The highest BCUT2D eigenvalue weighted by atomic mass is 16.5. The van der Waals surface area contributed by atoms with Gasteiger partial charge in [0.25, 0.3) is 0 Å². The van der Waals surface area contributed by atoms with Crippen molar-refractivity contribution < 1.29 is 9.53 Å². The van der Waals surface area contributed by atoms with Crippen molar-refractivity contribution in [2.24, 2.45) is 4.99 Å². The molecule has 1 aliphatic carbocycles. The van der Waals surface area contributed by atoms with E-state index in [9.17, 15) is 4.79 Å². The molecule has 17 heavy (non-hydrogen) atoms. The van der Waals surface area contributed by atoms with Gasteiger partial charge in [0.15, 0.2) is 0 Å². The number of ether oxygens (including phenoxy) is 1. The van der Waals surface area contributed by atoms with Crippen LogP contribution in [-0.4, -0.2) is 19.3 Å². The summed E-state index contributed by atoms with van der Waals surface area (Å²) in [4.78, 5) is 14.3. The molecule has 1 saturated carbocycles. The van der Waals surface area contributed by atoms with Crippen molar-refractivity contribution in [3.05, 3.63) is 35.4 Å². The van der Waals surface area contributed by atoms with E-state index in [1.165, 1.54) is 5.56 Å². The van der Waals surface area contributed by atoms with Gasteiger partial charge in [0.1, 0.15) is 0 Å². The quantitative estimate of drug-likeness (QED) is 0.590. The second kappa shape index (κ2) is 4.10. The fraction of sp³-hybridized carbons (Fsp3) is 0.500. The van der Waals surface area contributed by atoms with Crippen LogP contribution in [0.2, 0.25) is 0 Å². The highest BCUT2D eigenvalue weighted by Gasteiger charge is 2.44. The monoisotopic (exact) mass is 229 g/mol. The zero-order valence-corrected chi connectivity index (χ0v) is 9.69. The van der Waals surface area contributed by atoms with E-state index in [0.717, 1.165) is 38.0 Å². The molecule has 0 bridgehead atoms. The van der Waals surface area contributed by atoms with E-state index in [2.05, 4.69) is 29.3 Å². The minimum atomic E-state index is -0.244. The first-order valence-electron chi connectivity index (χ1n) is 6.11. The minimum absolute atomic E-state index is 0.244. The van der Waals surface area contributed by atoms with Crippen molar-refractivity contribution in [2.75, 3.05) is 13.2 Å². The van der Waals surface area contributed by atoms with Crippen molar-refractivity contribution in [3.63, 3.8) is 0 Å². The van der Waals surface area contributed by atoms with Gasteiger partial charge in [0, 0.05) is 12.5 Å². The number of carbonyl (C=O) groups excluding carboxylic acids is 1. The summed E-state index contributed by atoms with van der Waals surface area (Å²) in [6.07, 6.45) is 4.73. The zero-order valence-electron chi connectivity index (χ0n) is 9.69. The van der Waals surface area contributed by atoms with Crippen LogP contribution >= 0.6 is 0 Å². The summed E-state index contributed by atoms with van der Waals surface area (Å²) in [5.74, 6) is 0.536. The Hall–Kier alpha value is -1.44. The molecule has 3 rings (SSSR count). The number of hydrogen-bond acceptors (Lipinski definition) is 3. The third kappa shape index (κ3) is 1.92. The molecule has 0 spiro atoms. The summed E-state index contributed by atoms with van der Waals surface area (Å²) < 4.78 is 5.39. The van der Waals surface area contributed by atoms with Crippen LogP contribution in [0, 0.1) is 0 Å². The third-order valence-electron chi connectivity index (χ3n) is 3.83. The molecule has 3 heteroatoms.